The number of aromatic amines is 2. The second kappa shape index (κ2) is 7.63. The summed E-state index contributed by atoms with van der Waals surface area (Å²) in [7, 11) is -3.44. The van der Waals surface area contributed by atoms with Crippen LogP contribution >= 0.6 is 0 Å². The van der Waals surface area contributed by atoms with Crippen molar-refractivity contribution in [3.05, 3.63) is 36.4 Å². The Morgan fingerprint density at radius 3 is 2.52 bits per heavy atom. The van der Waals surface area contributed by atoms with Crippen LogP contribution in [0.4, 0.5) is 24.5 Å². The minimum absolute atomic E-state index is 0.226. The second-order valence-electron chi connectivity index (χ2n) is 7.96. The van der Waals surface area contributed by atoms with E-state index in [9.17, 15) is 21.6 Å². The fourth-order valence-electron chi connectivity index (χ4n) is 3.84. The summed E-state index contributed by atoms with van der Waals surface area (Å²) >= 11 is 0. The molecule has 4 aromatic rings. The zero-order chi connectivity index (χ0) is 23.4. The van der Waals surface area contributed by atoms with E-state index in [2.05, 4.69) is 37.0 Å². The Morgan fingerprint density at radius 1 is 1.03 bits per heavy atom. The molecule has 0 amide bonds. The van der Waals surface area contributed by atoms with Crippen LogP contribution in [-0.2, 0) is 10.0 Å². The molecule has 5 rings (SSSR count). The molecule has 1 aliphatic heterocycles. The lowest BCUT2D eigenvalue weighted by atomic mass is 10.2. The SMILES string of the molecule is CN1CCN(c2ccc3nc(-c4n[nH]c5ccc(NS(=O)(=O)C(F)(F)F)cc45)[nH]c3c2)CC1. The maximum Gasteiger partial charge on any atom is 0.516 e. The van der Waals surface area contributed by atoms with Crippen LogP contribution in [-0.4, -0.2) is 72.2 Å². The van der Waals surface area contributed by atoms with Gasteiger partial charge >= 0.3 is 15.5 Å². The van der Waals surface area contributed by atoms with E-state index in [1.165, 1.54) is 18.2 Å². The molecular formula is C20H20F3N7O2S. The van der Waals surface area contributed by atoms with E-state index in [0.29, 0.717) is 27.9 Å². The van der Waals surface area contributed by atoms with Gasteiger partial charge in [-0.25, -0.2) is 4.98 Å². The maximum absolute atomic E-state index is 12.7. The van der Waals surface area contributed by atoms with Crippen molar-refractivity contribution in [3.63, 3.8) is 0 Å². The highest BCUT2D eigenvalue weighted by atomic mass is 32.2. The zero-order valence-corrected chi connectivity index (χ0v) is 18.3. The number of rotatable bonds is 4. The number of halogens is 3. The molecule has 0 bridgehead atoms. The number of benzene rings is 2. The number of nitrogens with one attached hydrogen (secondary N) is 3. The van der Waals surface area contributed by atoms with Gasteiger partial charge in [0.1, 0.15) is 5.69 Å². The Kier molecular flexibility index (Phi) is 4.97. The summed E-state index contributed by atoms with van der Waals surface area (Å²) in [5, 5.41) is 7.46. The average molecular weight is 479 g/mol. The molecule has 0 spiro atoms. The Morgan fingerprint density at radius 2 is 1.79 bits per heavy atom. The third-order valence-corrected chi connectivity index (χ3v) is 6.79. The lowest BCUT2D eigenvalue weighted by Crippen LogP contribution is -2.44. The van der Waals surface area contributed by atoms with Crippen molar-refractivity contribution in [2.75, 3.05) is 42.8 Å². The number of sulfonamides is 1. The summed E-state index contributed by atoms with van der Waals surface area (Å²) < 4.78 is 62.7. The molecule has 3 N–H and O–H groups in total. The van der Waals surface area contributed by atoms with E-state index in [1.54, 1.807) is 4.72 Å². The van der Waals surface area contributed by atoms with Crippen LogP contribution in [0.3, 0.4) is 0 Å². The van der Waals surface area contributed by atoms with Gasteiger partial charge in [-0.1, -0.05) is 0 Å². The average Bonchev–Trinajstić information content (AvgIpc) is 3.36. The smallest absolute Gasteiger partial charge is 0.369 e. The van der Waals surface area contributed by atoms with Crippen molar-refractivity contribution >= 4 is 43.3 Å². The van der Waals surface area contributed by atoms with Gasteiger partial charge in [0.05, 0.1) is 16.6 Å². The quantitative estimate of drug-likeness (QED) is 0.415. The van der Waals surface area contributed by atoms with Crippen molar-refractivity contribution in [2.45, 2.75) is 5.51 Å². The molecule has 0 aliphatic carbocycles. The Bertz CT molecular complexity index is 1440. The Balaban J connectivity index is 1.49. The number of alkyl halides is 3. The molecule has 1 saturated heterocycles. The van der Waals surface area contributed by atoms with Crippen molar-refractivity contribution in [1.82, 2.24) is 25.1 Å². The molecule has 13 heteroatoms. The molecule has 9 nitrogen and oxygen atoms in total. The highest BCUT2D eigenvalue weighted by Gasteiger charge is 2.46. The predicted octanol–water partition coefficient (Wildman–Crippen LogP) is 3.12. The molecular weight excluding hydrogens is 459 g/mol. The highest BCUT2D eigenvalue weighted by molar-refractivity contribution is 7.93. The summed E-state index contributed by atoms with van der Waals surface area (Å²) in [5.74, 6) is 0.419. The first-order chi connectivity index (χ1) is 15.6. The largest absolute Gasteiger partial charge is 0.516 e. The van der Waals surface area contributed by atoms with Crippen LogP contribution < -0.4 is 9.62 Å². The number of piperazine rings is 1. The van der Waals surface area contributed by atoms with Gasteiger partial charge in [-0.3, -0.25) is 9.82 Å². The number of likely N-dealkylation sites (N-methyl/N-ethyl adjacent to an activating group) is 1. The van der Waals surface area contributed by atoms with E-state index in [0.717, 1.165) is 37.4 Å². The molecule has 3 heterocycles. The molecule has 0 saturated carbocycles. The number of H-pyrrole nitrogens is 2. The van der Waals surface area contributed by atoms with Crippen LogP contribution in [0.1, 0.15) is 0 Å². The van der Waals surface area contributed by atoms with Crippen molar-refractivity contribution in [1.29, 1.82) is 0 Å². The lowest BCUT2D eigenvalue weighted by Gasteiger charge is -2.34. The second-order valence-corrected chi connectivity index (χ2v) is 9.63. The molecule has 0 unspecified atom stereocenters. The fourth-order valence-corrected chi connectivity index (χ4v) is 4.40. The van der Waals surface area contributed by atoms with Gasteiger partial charge in [0.2, 0.25) is 0 Å². The molecule has 0 atom stereocenters. The molecule has 2 aromatic carbocycles. The minimum atomic E-state index is -5.53. The van der Waals surface area contributed by atoms with E-state index in [4.69, 9.17) is 0 Å². The topological polar surface area (TPSA) is 110 Å². The normalized spacial score (nSPS) is 16.1. The third kappa shape index (κ3) is 3.97. The minimum Gasteiger partial charge on any atom is -0.369 e. The van der Waals surface area contributed by atoms with Crippen molar-refractivity contribution < 1.29 is 21.6 Å². The van der Waals surface area contributed by atoms with Gasteiger partial charge in [0, 0.05) is 42.9 Å². The zero-order valence-electron chi connectivity index (χ0n) is 17.4. The highest BCUT2D eigenvalue weighted by Crippen LogP contribution is 2.31. The van der Waals surface area contributed by atoms with Gasteiger partial charge in [0.25, 0.3) is 0 Å². The van der Waals surface area contributed by atoms with Crippen LogP contribution in [0.25, 0.3) is 33.5 Å². The van der Waals surface area contributed by atoms with Crippen LogP contribution in [0.5, 0.6) is 0 Å². The number of aromatic nitrogens is 4. The summed E-state index contributed by atoms with van der Waals surface area (Å²) in [4.78, 5) is 12.4. The first kappa shape index (κ1) is 21.5. The number of hydrogen-bond acceptors (Lipinski definition) is 6. The van der Waals surface area contributed by atoms with Crippen LogP contribution in [0, 0.1) is 0 Å². The van der Waals surface area contributed by atoms with Gasteiger partial charge < -0.3 is 14.8 Å². The molecule has 174 valence electrons. The maximum atomic E-state index is 12.7. The van der Waals surface area contributed by atoms with E-state index < -0.39 is 15.5 Å². The summed E-state index contributed by atoms with van der Waals surface area (Å²) in [5.41, 5.74) is -2.16. The van der Waals surface area contributed by atoms with Crippen LogP contribution in [0.2, 0.25) is 0 Å². The monoisotopic (exact) mass is 479 g/mol. The summed E-state index contributed by atoms with van der Waals surface area (Å²) in [6, 6.07) is 9.89. The number of fused-ring (bicyclic) bond motifs is 2. The summed E-state index contributed by atoms with van der Waals surface area (Å²) in [6.45, 7) is 3.80. The first-order valence-electron chi connectivity index (χ1n) is 10.1. The number of anilines is 2. The van der Waals surface area contributed by atoms with Crippen molar-refractivity contribution in [3.8, 4) is 11.5 Å². The standard InChI is InChI=1S/C20H20F3N7O2S/c1-29-6-8-30(9-7-29)13-3-5-16-17(11-13)25-19(24-16)18-14-10-12(2-4-15(14)26-27-18)28-33(31,32)20(21,22)23/h2-5,10-11,28H,6-9H2,1H3,(H,24,25)(H,26,27). The van der Waals surface area contributed by atoms with Gasteiger partial charge in [-0.05, 0) is 43.4 Å². The molecule has 33 heavy (non-hydrogen) atoms. The van der Waals surface area contributed by atoms with Gasteiger partial charge in [-0.2, -0.15) is 26.7 Å². The Labute approximate surface area is 186 Å². The summed E-state index contributed by atoms with van der Waals surface area (Å²) in [6.07, 6.45) is 0. The fraction of sp³-hybridized carbons (Fsp3) is 0.300. The van der Waals surface area contributed by atoms with E-state index in [-0.39, 0.29) is 5.69 Å². The number of hydrogen-bond donors (Lipinski definition) is 3. The predicted molar refractivity (Wildman–Crippen MR) is 119 cm³/mol. The number of imidazole rings is 1. The third-order valence-electron chi connectivity index (χ3n) is 5.68. The van der Waals surface area contributed by atoms with E-state index in [1.807, 2.05) is 18.2 Å². The first-order valence-corrected chi connectivity index (χ1v) is 11.6. The van der Waals surface area contributed by atoms with E-state index >= 15 is 0 Å². The lowest BCUT2D eigenvalue weighted by molar-refractivity contribution is -0.0429. The molecule has 1 fully saturated rings. The molecule has 2 aromatic heterocycles. The van der Waals surface area contributed by atoms with Crippen LogP contribution in [0.15, 0.2) is 36.4 Å². The Hall–Kier alpha value is -3.32. The van der Waals surface area contributed by atoms with Gasteiger partial charge in [-0.15, -0.1) is 0 Å². The molecule has 0 radical (unpaired) electrons. The molecule has 1 aliphatic rings. The van der Waals surface area contributed by atoms with Gasteiger partial charge in [0.15, 0.2) is 5.82 Å². The van der Waals surface area contributed by atoms with Crippen molar-refractivity contribution in [2.24, 2.45) is 0 Å². The number of nitrogens with zero attached hydrogens (tertiary/aromatic N) is 4.